The molecule has 3 nitrogen and oxygen atoms in total. The molecule has 0 atom stereocenters. The van der Waals surface area contributed by atoms with Crippen LogP contribution >= 0.6 is 12.2 Å². The summed E-state index contributed by atoms with van der Waals surface area (Å²) in [6.07, 6.45) is 6.07. The van der Waals surface area contributed by atoms with E-state index in [2.05, 4.69) is 13.8 Å². The van der Waals surface area contributed by atoms with Gasteiger partial charge in [0.25, 0.3) is 0 Å². The first-order valence-electron chi connectivity index (χ1n) is 6.91. The van der Waals surface area contributed by atoms with Crippen molar-refractivity contribution in [2.75, 3.05) is 13.6 Å². The highest BCUT2D eigenvalue weighted by atomic mass is 32.1. The van der Waals surface area contributed by atoms with E-state index in [0.717, 1.165) is 19.3 Å². The lowest BCUT2D eigenvalue weighted by Crippen LogP contribution is -2.42. The Hall–Kier alpha value is -0.640. The predicted octanol–water partition coefficient (Wildman–Crippen LogP) is 2.73. The minimum atomic E-state index is -0.112. The van der Waals surface area contributed by atoms with E-state index in [-0.39, 0.29) is 5.41 Å². The van der Waals surface area contributed by atoms with Gasteiger partial charge in [-0.15, -0.1) is 0 Å². The van der Waals surface area contributed by atoms with Crippen molar-refractivity contribution in [2.45, 2.75) is 52.4 Å². The molecule has 1 rings (SSSR count). The third-order valence-corrected chi connectivity index (χ3v) is 4.06. The molecule has 0 radical (unpaired) electrons. The topological polar surface area (TPSA) is 46.3 Å². The van der Waals surface area contributed by atoms with Crippen LogP contribution in [0.2, 0.25) is 0 Å². The number of carbonyl (C=O) groups is 1. The van der Waals surface area contributed by atoms with Crippen LogP contribution in [0.3, 0.4) is 0 Å². The number of nitrogens with two attached hydrogens (primary N) is 1. The van der Waals surface area contributed by atoms with Crippen molar-refractivity contribution in [1.29, 1.82) is 0 Å². The Balaban J connectivity index is 2.67. The number of hydrogen-bond donors (Lipinski definition) is 1. The Morgan fingerprint density at radius 3 is 2.39 bits per heavy atom. The summed E-state index contributed by atoms with van der Waals surface area (Å²) < 4.78 is 0. The smallest absolute Gasteiger partial charge is 0.228 e. The largest absolute Gasteiger partial charge is 0.393 e. The summed E-state index contributed by atoms with van der Waals surface area (Å²) in [5, 5.41) is 0. The molecule has 18 heavy (non-hydrogen) atoms. The number of carbonyl (C=O) groups excluding carboxylic acids is 1. The highest BCUT2D eigenvalue weighted by Gasteiger charge is 2.42. The minimum Gasteiger partial charge on any atom is -0.393 e. The van der Waals surface area contributed by atoms with Gasteiger partial charge >= 0.3 is 0 Å². The molecule has 1 saturated carbocycles. The molecule has 4 heteroatoms. The van der Waals surface area contributed by atoms with E-state index < -0.39 is 0 Å². The van der Waals surface area contributed by atoms with Crippen LogP contribution in [0, 0.1) is 11.3 Å². The third-order valence-electron chi connectivity index (χ3n) is 3.85. The van der Waals surface area contributed by atoms with Crippen molar-refractivity contribution in [3.8, 4) is 0 Å². The van der Waals surface area contributed by atoms with Crippen LogP contribution in [-0.4, -0.2) is 29.4 Å². The molecule has 0 bridgehead atoms. The first-order valence-corrected chi connectivity index (χ1v) is 7.32. The molecule has 1 aliphatic carbocycles. The second-order valence-corrected chi connectivity index (χ2v) is 6.55. The number of amides is 1. The Morgan fingerprint density at radius 1 is 1.39 bits per heavy atom. The fraction of sp³-hybridized carbons (Fsp3) is 0.857. The average Bonchev–Trinajstić information content (AvgIpc) is 2.73. The molecule has 1 fully saturated rings. The average molecular weight is 270 g/mol. The maximum absolute atomic E-state index is 12.7. The van der Waals surface area contributed by atoms with E-state index in [4.69, 9.17) is 18.0 Å². The SMILES string of the molecule is CC(C)CC1(C(=O)N(C)CCC(N)=S)CCCC1. The van der Waals surface area contributed by atoms with Crippen molar-refractivity contribution < 1.29 is 4.79 Å². The summed E-state index contributed by atoms with van der Waals surface area (Å²) in [6.45, 7) is 5.04. The van der Waals surface area contributed by atoms with Crippen LogP contribution in [0.15, 0.2) is 0 Å². The lowest BCUT2D eigenvalue weighted by atomic mass is 9.77. The standard InChI is InChI=1S/C14H26N2OS/c1-11(2)10-14(7-4-5-8-14)13(17)16(3)9-6-12(15)18/h11H,4-10H2,1-3H3,(H2,15,18). The summed E-state index contributed by atoms with van der Waals surface area (Å²) in [5.74, 6) is 0.862. The lowest BCUT2D eigenvalue weighted by Gasteiger charge is -2.33. The molecule has 1 amide bonds. The van der Waals surface area contributed by atoms with Crippen molar-refractivity contribution in [3.05, 3.63) is 0 Å². The highest BCUT2D eigenvalue weighted by Crippen LogP contribution is 2.44. The summed E-state index contributed by atoms with van der Waals surface area (Å²) in [5.41, 5.74) is 5.39. The normalized spacial score (nSPS) is 18.0. The molecule has 0 aliphatic heterocycles. The van der Waals surface area contributed by atoms with Crippen LogP contribution in [0.4, 0.5) is 0 Å². The Bertz CT molecular complexity index is 309. The number of hydrogen-bond acceptors (Lipinski definition) is 2. The molecule has 0 aromatic heterocycles. The molecule has 0 spiro atoms. The van der Waals surface area contributed by atoms with Gasteiger partial charge in [-0.25, -0.2) is 0 Å². The van der Waals surface area contributed by atoms with Gasteiger partial charge in [-0.3, -0.25) is 4.79 Å². The Labute approximate surface area is 116 Å². The van der Waals surface area contributed by atoms with Crippen LogP contribution in [-0.2, 0) is 4.79 Å². The fourth-order valence-electron chi connectivity index (χ4n) is 3.12. The van der Waals surface area contributed by atoms with Gasteiger partial charge in [0, 0.05) is 25.4 Å². The molecular weight excluding hydrogens is 244 g/mol. The minimum absolute atomic E-state index is 0.112. The predicted molar refractivity (Wildman–Crippen MR) is 79.4 cm³/mol. The Kier molecular flexibility index (Phi) is 5.57. The first kappa shape index (κ1) is 15.4. The second-order valence-electron chi connectivity index (χ2n) is 6.03. The summed E-state index contributed by atoms with van der Waals surface area (Å²) in [4.78, 5) is 15.0. The third kappa shape index (κ3) is 3.94. The zero-order valence-electron chi connectivity index (χ0n) is 11.9. The van der Waals surface area contributed by atoms with Gasteiger partial charge in [0.1, 0.15) is 0 Å². The van der Waals surface area contributed by atoms with E-state index in [1.165, 1.54) is 12.8 Å². The maximum atomic E-state index is 12.7. The fourth-order valence-corrected chi connectivity index (χ4v) is 3.21. The summed E-state index contributed by atoms with van der Waals surface area (Å²) >= 11 is 4.87. The zero-order chi connectivity index (χ0) is 13.8. The van der Waals surface area contributed by atoms with E-state index in [1.807, 2.05) is 11.9 Å². The quantitative estimate of drug-likeness (QED) is 0.755. The van der Waals surface area contributed by atoms with Crippen molar-refractivity contribution in [2.24, 2.45) is 17.1 Å². The van der Waals surface area contributed by atoms with Crippen LogP contribution in [0.25, 0.3) is 0 Å². The van der Waals surface area contributed by atoms with Gasteiger partial charge in [-0.2, -0.15) is 0 Å². The molecule has 104 valence electrons. The monoisotopic (exact) mass is 270 g/mol. The van der Waals surface area contributed by atoms with Crippen LogP contribution < -0.4 is 5.73 Å². The summed E-state index contributed by atoms with van der Waals surface area (Å²) in [7, 11) is 1.88. The molecule has 1 aliphatic rings. The van der Waals surface area contributed by atoms with Gasteiger partial charge in [-0.1, -0.05) is 38.9 Å². The van der Waals surface area contributed by atoms with Gasteiger partial charge < -0.3 is 10.6 Å². The van der Waals surface area contributed by atoms with Crippen LogP contribution in [0.5, 0.6) is 0 Å². The van der Waals surface area contributed by atoms with Gasteiger partial charge in [-0.05, 0) is 25.2 Å². The van der Waals surface area contributed by atoms with Crippen molar-refractivity contribution >= 4 is 23.1 Å². The first-order chi connectivity index (χ1) is 8.37. The van der Waals surface area contributed by atoms with E-state index in [0.29, 0.717) is 29.8 Å². The van der Waals surface area contributed by atoms with Gasteiger partial charge in [0.05, 0.1) is 4.99 Å². The molecule has 0 heterocycles. The molecule has 2 N–H and O–H groups in total. The van der Waals surface area contributed by atoms with Crippen molar-refractivity contribution in [3.63, 3.8) is 0 Å². The van der Waals surface area contributed by atoms with E-state index in [1.54, 1.807) is 0 Å². The lowest BCUT2D eigenvalue weighted by molar-refractivity contribution is -0.141. The number of rotatable bonds is 6. The van der Waals surface area contributed by atoms with Crippen LogP contribution in [0.1, 0.15) is 52.4 Å². The number of nitrogens with zero attached hydrogens (tertiary/aromatic N) is 1. The molecule has 0 aromatic rings. The van der Waals surface area contributed by atoms with Crippen molar-refractivity contribution in [1.82, 2.24) is 4.90 Å². The second kappa shape index (κ2) is 6.50. The van der Waals surface area contributed by atoms with Gasteiger partial charge in [0.2, 0.25) is 5.91 Å². The molecule has 0 saturated heterocycles. The maximum Gasteiger partial charge on any atom is 0.228 e. The summed E-state index contributed by atoms with van der Waals surface area (Å²) in [6, 6.07) is 0. The van der Waals surface area contributed by atoms with Gasteiger partial charge in [0.15, 0.2) is 0 Å². The molecule has 0 aromatic carbocycles. The molecule has 0 unspecified atom stereocenters. The highest BCUT2D eigenvalue weighted by molar-refractivity contribution is 7.80. The Morgan fingerprint density at radius 2 is 1.94 bits per heavy atom. The van der Waals surface area contributed by atoms with E-state index >= 15 is 0 Å². The number of thiocarbonyl (C=S) groups is 1. The zero-order valence-corrected chi connectivity index (χ0v) is 12.7. The molecular formula is C14H26N2OS. The van der Waals surface area contributed by atoms with E-state index in [9.17, 15) is 4.79 Å².